The highest BCUT2D eigenvalue weighted by atomic mass is 16.3. The fraction of sp³-hybridized carbons (Fsp3) is 1.00. The lowest BCUT2D eigenvalue weighted by molar-refractivity contribution is -0.0450. The normalized spacial score (nSPS) is 39.2. The molecule has 0 spiro atoms. The number of likely N-dealkylation sites (tertiary alicyclic amines) is 1. The molecule has 2 fully saturated rings. The molecular weight excluding hydrogens is 210 g/mol. The summed E-state index contributed by atoms with van der Waals surface area (Å²) < 4.78 is 0. The van der Waals surface area contributed by atoms with Gasteiger partial charge < -0.3 is 5.11 Å². The molecule has 1 N–H and O–H groups in total. The molecule has 2 aliphatic rings. The van der Waals surface area contributed by atoms with E-state index in [4.69, 9.17) is 0 Å². The topological polar surface area (TPSA) is 23.5 Å². The maximum Gasteiger partial charge on any atom is 0.0695 e. The van der Waals surface area contributed by atoms with Gasteiger partial charge >= 0.3 is 0 Å². The van der Waals surface area contributed by atoms with Crippen molar-refractivity contribution in [3.05, 3.63) is 0 Å². The molecule has 1 aliphatic carbocycles. The van der Waals surface area contributed by atoms with Gasteiger partial charge in [-0.25, -0.2) is 0 Å². The third kappa shape index (κ3) is 3.03. The third-order valence-corrected chi connectivity index (χ3v) is 4.89. The SMILES string of the molecule is CCC1CCCCN1C1CC(C)(C)CCC1O. The monoisotopic (exact) mass is 239 g/mol. The number of aliphatic hydroxyl groups is 1. The minimum Gasteiger partial charge on any atom is -0.391 e. The molecule has 1 aliphatic heterocycles. The second-order valence-electron chi connectivity index (χ2n) is 6.84. The van der Waals surface area contributed by atoms with Crippen LogP contribution < -0.4 is 0 Å². The van der Waals surface area contributed by atoms with Gasteiger partial charge in [-0.05, 0) is 50.5 Å². The summed E-state index contributed by atoms with van der Waals surface area (Å²) in [4.78, 5) is 2.63. The van der Waals surface area contributed by atoms with E-state index in [9.17, 15) is 5.11 Å². The van der Waals surface area contributed by atoms with Crippen molar-refractivity contribution >= 4 is 0 Å². The van der Waals surface area contributed by atoms with Crippen molar-refractivity contribution in [2.75, 3.05) is 6.54 Å². The molecule has 2 heteroatoms. The van der Waals surface area contributed by atoms with Gasteiger partial charge in [0, 0.05) is 12.1 Å². The van der Waals surface area contributed by atoms with Gasteiger partial charge in [0.05, 0.1) is 6.10 Å². The summed E-state index contributed by atoms with van der Waals surface area (Å²) in [6.07, 6.45) is 8.52. The summed E-state index contributed by atoms with van der Waals surface area (Å²) in [6.45, 7) is 8.22. The fourth-order valence-electron chi connectivity index (χ4n) is 3.77. The molecule has 1 saturated carbocycles. The number of hydrogen-bond acceptors (Lipinski definition) is 2. The van der Waals surface area contributed by atoms with Gasteiger partial charge in [-0.15, -0.1) is 0 Å². The van der Waals surface area contributed by atoms with Crippen LogP contribution in [-0.4, -0.2) is 34.7 Å². The number of hydrogen-bond donors (Lipinski definition) is 1. The maximum absolute atomic E-state index is 10.3. The number of aliphatic hydroxyl groups excluding tert-OH is 1. The van der Waals surface area contributed by atoms with Gasteiger partial charge in [0.1, 0.15) is 0 Å². The fourth-order valence-corrected chi connectivity index (χ4v) is 3.77. The Morgan fingerprint density at radius 3 is 2.71 bits per heavy atom. The van der Waals surface area contributed by atoms with Crippen LogP contribution in [0.15, 0.2) is 0 Å². The molecule has 2 rings (SSSR count). The smallest absolute Gasteiger partial charge is 0.0695 e. The lowest BCUT2D eigenvalue weighted by Gasteiger charge is -2.48. The van der Waals surface area contributed by atoms with Crippen molar-refractivity contribution in [3.63, 3.8) is 0 Å². The van der Waals surface area contributed by atoms with E-state index in [1.807, 2.05) is 0 Å². The molecule has 1 heterocycles. The van der Waals surface area contributed by atoms with Crippen LogP contribution in [0.3, 0.4) is 0 Å². The van der Waals surface area contributed by atoms with E-state index in [1.165, 1.54) is 45.1 Å². The molecule has 0 aromatic rings. The summed E-state index contributed by atoms with van der Waals surface area (Å²) >= 11 is 0. The maximum atomic E-state index is 10.3. The molecule has 0 radical (unpaired) electrons. The number of rotatable bonds is 2. The summed E-state index contributed by atoms with van der Waals surface area (Å²) in [6, 6.07) is 1.14. The van der Waals surface area contributed by atoms with Crippen LogP contribution in [-0.2, 0) is 0 Å². The molecule has 0 aromatic carbocycles. The average Bonchev–Trinajstić information content (AvgIpc) is 2.32. The molecule has 2 nitrogen and oxygen atoms in total. The van der Waals surface area contributed by atoms with Gasteiger partial charge in [0.2, 0.25) is 0 Å². The van der Waals surface area contributed by atoms with Crippen molar-refractivity contribution in [2.24, 2.45) is 5.41 Å². The van der Waals surface area contributed by atoms with E-state index in [2.05, 4.69) is 25.7 Å². The zero-order chi connectivity index (χ0) is 12.5. The van der Waals surface area contributed by atoms with E-state index < -0.39 is 0 Å². The first-order valence-electron chi connectivity index (χ1n) is 7.47. The highest BCUT2D eigenvalue weighted by Crippen LogP contribution is 2.39. The van der Waals surface area contributed by atoms with Crippen LogP contribution in [0.25, 0.3) is 0 Å². The van der Waals surface area contributed by atoms with Crippen molar-refractivity contribution < 1.29 is 5.11 Å². The van der Waals surface area contributed by atoms with Gasteiger partial charge in [-0.1, -0.05) is 27.2 Å². The Morgan fingerprint density at radius 1 is 1.24 bits per heavy atom. The Bertz CT molecular complexity index is 251. The van der Waals surface area contributed by atoms with Crippen LogP contribution in [0.5, 0.6) is 0 Å². The number of piperidine rings is 1. The quantitative estimate of drug-likeness (QED) is 0.800. The molecule has 3 atom stereocenters. The highest BCUT2D eigenvalue weighted by Gasteiger charge is 2.39. The summed E-state index contributed by atoms with van der Waals surface area (Å²) in [5.74, 6) is 0. The van der Waals surface area contributed by atoms with E-state index in [-0.39, 0.29) is 6.10 Å². The predicted octanol–water partition coefficient (Wildman–Crippen LogP) is 3.19. The standard InChI is InChI=1S/C15H29NO/c1-4-12-7-5-6-10-16(12)13-11-15(2,3)9-8-14(13)17/h12-14,17H,4-11H2,1-3H3. The average molecular weight is 239 g/mol. The van der Waals surface area contributed by atoms with Crippen molar-refractivity contribution in [1.29, 1.82) is 0 Å². The first kappa shape index (κ1) is 13.4. The highest BCUT2D eigenvalue weighted by molar-refractivity contribution is 4.93. The Kier molecular flexibility index (Phi) is 4.14. The van der Waals surface area contributed by atoms with Crippen LogP contribution >= 0.6 is 0 Å². The van der Waals surface area contributed by atoms with Crippen molar-refractivity contribution in [2.45, 2.75) is 83.9 Å². The van der Waals surface area contributed by atoms with Crippen molar-refractivity contribution in [3.8, 4) is 0 Å². The second kappa shape index (κ2) is 5.27. The molecule has 3 unspecified atom stereocenters. The first-order chi connectivity index (χ1) is 8.03. The van der Waals surface area contributed by atoms with E-state index >= 15 is 0 Å². The Hall–Kier alpha value is -0.0800. The summed E-state index contributed by atoms with van der Waals surface area (Å²) in [7, 11) is 0. The second-order valence-corrected chi connectivity index (χ2v) is 6.84. The Morgan fingerprint density at radius 2 is 2.00 bits per heavy atom. The van der Waals surface area contributed by atoms with Crippen LogP contribution in [0.2, 0.25) is 0 Å². The van der Waals surface area contributed by atoms with Gasteiger partial charge in [-0.2, -0.15) is 0 Å². The lowest BCUT2D eigenvalue weighted by Crippen LogP contribution is -2.54. The summed E-state index contributed by atoms with van der Waals surface area (Å²) in [5, 5.41) is 10.3. The lowest BCUT2D eigenvalue weighted by atomic mass is 9.72. The third-order valence-electron chi connectivity index (χ3n) is 4.89. The summed E-state index contributed by atoms with van der Waals surface area (Å²) in [5.41, 5.74) is 0.416. The minimum absolute atomic E-state index is 0.0878. The minimum atomic E-state index is -0.0878. The van der Waals surface area contributed by atoms with E-state index in [0.29, 0.717) is 11.5 Å². The zero-order valence-electron chi connectivity index (χ0n) is 11.8. The van der Waals surface area contributed by atoms with Crippen molar-refractivity contribution in [1.82, 2.24) is 4.90 Å². The Balaban J connectivity index is 2.07. The molecule has 0 amide bonds. The van der Waals surface area contributed by atoms with E-state index in [0.717, 1.165) is 12.5 Å². The first-order valence-corrected chi connectivity index (χ1v) is 7.47. The molecular formula is C15H29NO. The molecule has 0 aromatic heterocycles. The van der Waals surface area contributed by atoms with Gasteiger partial charge in [0.15, 0.2) is 0 Å². The molecule has 0 bridgehead atoms. The van der Waals surface area contributed by atoms with Crippen LogP contribution in [0.1, 0.15) is 65.7 Å². The van der Waals surface area contributed by atoms with Gasteiger partial charge in [0.25, 0.3) is 0 Å². The Labute approximate surface area is 106 Å². The van der Waals surface area contributed by atoms with E-state index in [1.54, 1.807) is 0 Å². The van der Waals surface area contributed by atoms with Crippen LogP contribution in [0, 0.1) is 5.41 Å². The largest absolute Gasteiger partial charge is 0.391 e. The predicted molar refractivity (Wildman–Crippen MR) is 72.1 cm³/mol. The van der Waals surface area contributed by atoms with Gasteiger partial charge in [-0.3, -0.25) is 4.90 Å². The van der Waals surface area contributed by atoms with Crippen LogP contribution in [0.4, 0.5) is 0 Å². The molecule has 1 saturated heterocycles. The molecule has 100 valence electrons. The zero-order valence-corrected chi connectivity index (χ0v) is 11.8. The number of nitrogens with zero attached hydrogens (tertiary/aromatic N) is 1. The molecule has 17 heavy (non-hydrogen) atoms.